The zero-order valence-corrected chi connectivity index (χ0v) is 15.8. The Labute approximate surface area is 169 Å². The van der Waals surface area contributed by atoms with Gasteiger partial charge >= 0.3 is 0 Å². The van der Waals surface area contributed by atoms with E-state index in [2.05, 4.69) is 4.98 Å². The van der Waals surface area contributed by atoms with Crippen molar-refractivity contribution in [1.82, 2.24) is 9.55 Å². The molecule has 0 unspecified atom stereocenters. The summed E-state index contributed by atoms with van der Waals surface area (Å²) in [5.41, 5.74) is 0.591. The molecule has 0 fully saturated rings. The normalized spacial score (nSPS) is 11.2. The second-order valence-electron chi connectivity index (χ2n) is 6.50. The first-order chi connectivity index (χ1) is 14.1. The maximum Gasteiger partial charge on any atom is 0.273 e. The SMILES string of the molecule is O=c1c2ccccc2oc2nc(-c3ccccc3Cl)n(-c3ccccc3)c(=O)c12. The first-order valence-corrected chi connectivity index (χ1v) is 9.32. The molecule has 5 nitrogen and oxygen atoms in total. The smallest absolute Gasteiger partial charge is 0.273 e. The van der Waals surface area contributed by atoms with Crippen molar-refractivity contribution < 1.29 is 4.42 Å². The topological polar surface area (TPSA) is 65.1 Å². The Hall–Kier alpha value is -3.70. The van der Waals surface area contributed by atoms with Crippen LogP contribution in [0.25, 0.3) is 39.1 Å². The minimum absolute atomic E-state index is 0.0131. The minimum atomic E-state index is -0.504. The number of halogens is 1. The second kappa shape index (κ2) is 6.72. The monoisotopic (exact) mass is 400 g/mol. The third-order valence-corrected chi connectivity index (χ3v) is 5.07. The summed E-state index contributed by atoms with van der Waals surface area (Å²) in [5, 5.41) is 0.680. The lowest BCUT2D eigenvalue weighted by molar-refractivity contribution is 0.641. The molecule has 0 radical (unpaired) electrons. The molecular weight excluding hydrogens is 388 g/mol. The van der Waals surface area contributed by atoms with E-state index in [1.807, 2.05) is 24.3 Å². The fourth-order valence-corrected chi connectivity index (χ4v) is 3.61. The molecule has 3 aromatic carbocycles. The number of aromatic nitrogens is 2. The van der Waals surface area contributed by atoms with Crippen LogP contribution in [0.5, 0.6) is 0 Å². The lowest BCUT2D eigenvalue weighted by atomic mass is 10.1. The van der Waals surface area contributed by atoms with Crippen LogP contribution in [0.2, 0.25) is 5.02 Å². The van der Waals surface area contributed by atoms with Crippen molar-refractivity contribution in [3.8, 4) is 17.1 Å². The van der Waals surface area contributed by atoms with Gasteiger partial charge in [0.2, 0.25) is 11.1 Å². The highest BCUT2D eigenvalue weighted by atomic mass is 35.5. The van der Waals surface area contributed by atoms with Crippen LogP contribution >= 0.6 is 11.6 Å². The van der Waals surface area contributed by atoms with Gasteiger partial charge in [0, 0.05) is 5.56 Å². The highest BCUT2D eigenvalue weighted by molar-refractivity contribution is 6.33. The van der Waals surface area contributed by atoms with Crippen molar-refractivity contribution in [3.05, 3.63) is 104 Å². The van der Waals surface area contributed by atoms with Crippen LogP contribution in [0.15, 0.2) is 92.9 Å². The lowest BCUT2D eigenvalue weighted by Crippen LogP contribution is -2.26. The molecule has 2 aromatic heterocycles. The zero-order chi connectivity index (χ0) is 20.0. The van der Waals surface area contributed by atoms with Gasteiger partial charge < -0.3 is 4.42 Å². The van der Waals surface area contributed by atoms with Crippen LogP contribution in [0.3, 0.4) is 0 Å². The van der Waals surface area contributed by atoms with Crippen molar-refractivity contribution in [3.63, 3.8) is 0 Å². The molecule has 0 N–H and O–H groups in total. The minimum Gasteiger partial charge on any atom is -0.437 e. The standard InChI is InChI=1S/C23H13ClN2O3/c24-17-12-6-4-10-15(17)21-25-22-19(20(27)16-11-5-7-13-18(16)29-22)23(28)26(21)14-8-2-1-3-9-14/h1-13H. The van der Waals surface area contributed by atoms with Gasteiger partial charge in [0.15, 0.2) is 11.2 Å². The van der Waals surface area contributed by atoms with Crippen LogP contribution < -0.4 is 11.0 Å². The van der Waals surface area contributed by atoms with E-state index >= 15 is 0 Å². The third kappa shape index (κ3) is 2.75. The molecule has 0 aliphatic rings. The second-order valence-corrected chi connectivity index (χ2v) is 6.91. The molecule has 29 heavy (non-hydrogen) atoms. The molecule has 0 bridgehead atoms. The van der Waals surface area contributed by atoms with Gasteiger partial charge in [-0.2, -0.15) is 4.98 Å². The van der Waals surface area contributed by atoms with Crippen LogP contribution in [0, 0.1) is 0 Å². The highest BCUT2D eigenvalue weighted by Crippen LogP contribution is 2.28. The summed E-state index contributed by atoms with van der Waals surface area (Å²) in [6.07, 6.45) is 0. The van der Waals surface area contributed by atoms with Gasteiger partial charge in [-0.1, -0.05) is 54.1 Å². The Morgan fingerprint density at radius 3 is 2.31 bits per heavy atom. The quantitative estimate of drug-likeness (QED) is 0.399. The van der Waals surface area contributed by atoms with Crippen LogP contribution in [-0.2, 0) is 0 Å². The number of rotatable bonds is 2. The molecule has 0 atom stereocenters. The van der Waals surface area contributed by atoms with Gasteiger partial charge in [-0.15, -0.1) is 0 Å². The number of fused-ring (bicyclic) bond motifs is 2. The van der Waals surface area contributed by atoms with E-state index in [9.17, 15) is 9.59 Å². The fraction of sp³-hybridized carbons (Fsp3) is 0. The van der Waals surface area contributed by atoms with Gasteiger partial charge in [0.1, 0.15) is 5.58 Å². The average Bonchev–Trinajstić information content (AvgIpc) is 2.74. The third-order valence-electron chi connectivity index (χ3n) is 4.74. The number of para-hydroxylation sites is 2. The maximum atomic E-state index is 13.5. The van der Waals surface area contributed by atoms with Crippen LogP contribution in [0.4, 0.5) is 0 Å². The van der Waals surface area contributed by atoms with E-state index in [-0.39, 0.29) is 11.1 Å². The Balaban J connectivity index is 2.01. The fourth-order valence-electron chi connectivity index (χ4n) is 3.39. The molecule has 0 saturated carbocycles. The Bertz CT molecular complexity index is 1500. The molecule has 0 saturated heterocycles. The first-order valence-electron chi connectivity index (χ1n) is 8.94. The van der Waals surface area contributed by atoms with Crippen LogP contribution in [-0.4, -0.2) is 9.55 Å². The van der Waals surface area contributed by atoms with Crippen LogP contribution in [0.1, 0.15) is 0 Å². The average molecular weight is 401 g/mol. The van der Waals surface area contributed by atoms with E-state index in [0.29, 0.717) is 33.1 Å². The first kappa shape index (κ1) is 17.4. The van der Waals surface area contributed by atoms with Gasteiger partial charge in [-0.25, -0.2) is 0 Å². The summed E-state index contributed by atoms with van der Waals surface area (Å²) >= 11 is 6.40. The van der Waals surface area contributed by atoms with E-state index in [1.165, 1.54) is 4.57 Å². The van der Waals surface area contributed by atoms with E-state index in [4.69, 9.17) is 16.0 Å². The van der Waals surface area contributed by atoms with Crippen molar-refractivity contribution in [1.29, 1.82) is 0 Å². The van der Waals surface area contributed by atoms with Gasteiger partial charge in [-0.05, 0) is 36.4 Å². The molecule has 0 aliphatic carbocycles. The van der Waals surface area contributed by atoms with Gasteiger partial charge in [0.25, 0.3) is 5.56 Å². The Morgan fingerprint density at radius 1 is 0.828 bits per heavy atom. The summed E-state index contributed by atoms with van der Waals surface area (Å²) in [6.45, 7) is 0. The highest BCUT2D eigenvalue weighted by Gasteiger charge is 2.20. The summed E-state index contributed by atoms with van der Waals surface area (Å²) in [7, 11) is 0. The van der Waals surface area contributed by atoms with Gasteiger partial charge in [-0.3, -0.25) is 14.2 Å². The van der Waals surface area contributed by atoms with Crippen molar-refractivity contribution in [2.24, 2.45) is 0 Å². The van der Waals surface area contributed by atoms with E-state index < -0.39 is 11.0 Å². The molecule has 5 rings (SSSR count). The predicted molar refractivity (Wildman–Crippen MR) is 114 cm³/mol. The van der Waals surface area contributed by atoms with E-state index in [0.717, 1.165) is 0 Å². The molecule has 2 heterocycles. The number of hydrogen-bond acceptors (Lipinski definition) is 4. The Kier molecular flexibility index (Phi) is 4.03. The summed E-state index contributed by atoms with van der Waals surface area (Å²) in [4.78, 5) is 31.2. The molecule has 0 amide bonds. The number of nitrogens with zero attached hydrogens (tertiary/aromatic N) is 2. The van der Waals surface area contributed by atoms with Crippen molar-refractivity contribution >= 4 is 33.7 Å². The molecule has 5 aromatic rings. The maximum absolute atomic E-state index is 13.5. The molecular formula is C23H13ClN2O3. The molecule has 140 valence electrons. The Morgan fingerprint density at radius 2 is 1.52 bits per heavy atom. The van der Waals surface area contributed by atoms with E-state index in [1.54, 1.807) is 54.6 Å². The predicted octanol–water partition coefficient (Wildman–Crippen LogP) is 4.81. The number of benzene rings is 3. The molecule has 6 heteroatoms. The van der Waals surface area contributed by atoms with Crippen molar-refractivity contribution in [2.75, 3.05) is 0 Å². The summed E-state index contributed by atoms with van der Waals surface area (Å²) in [5.74, 6) is 0.303. The van der Waals surface area contributed by atoms with Gasteiger partial charge in [0.05, 0.1) is 16.1 Å². The summed E-state index contributed by atoms with van der Waals surface area (Å²) < 4.78 is 7.23. The van der Waals surface area contributed by atoms with Crippen molar-refractivity contribution in [2.45, 2.75) is 0 Å². The molecule has 0 aliphatic heterocycles. The molecule has 0 spiro atoms. The lowest BCUT2D eigenvalue weighted by Gasteiger charge is -2.14. The largest absolute Gasteiger partial charge is 0.437 e. The number of hydrogen-bond donors (Lipinski definition) is 0. The zero-order valence-electron chi connectivity index (χ0n) is 15.0. The summed E-state index contributed by atoms with van der Waals surface area (Å²) in [6, 6.07) is 22.9.